The minimum Gasteiger partial charge on any atom is -0.496 e. The van der Waals surface area contributed by atoms with Crippen LogP contribution in [0.25, 0.3) is 10.7 Å². The molecule has 2 aromatic heterocycles. The molecule has 8 heteroatoms. The topological polar surface area (TPSA) is 69.0 Å². The fourth-order valence-corrected chi connectivity index (χ4v) is 3.45. The molecule has 4 rings (SSSR count). The number of carbonyl (C=O) groups excluding carboxylic acids is 1. The van der Waals surface area contributed by atoms with E-state index in [4.69, 9.17) is 4.74 Å². The molecule has 0 amide bonds. The molecule has 146 valence electrons. The molecule has 0 unspecified atom stereocenters. The summed E-state index contributed by atoms with van der Waals surface area (Å²) >= 11 is 1.49. The number of nitrogens with one attached hydrogen (secondary N) is 1. The van der Waals surface area contributed by atoms with Crippen LogP contribution in [0, 0.1) is 5.82 Å². The Morgan fingerprint density at radius 2 is 1.93 bits per heavy atom. The molecular weight excluding hydrogens is 391 g/mol. The fraction of sp³-hybridized carbons (Fsp3) is 0.0952. The van der Waals surface area contributed by atoms with Crippen molar-refractivity contribution in [3.63, 3.8) is 0 Å². The molecule has 0 bridgehead atoms. The second kappa shape index (κ2) is 8.24. The molecule has 0 aliphatic carbocycles. The van der Waals surface area contributed by atoms with Gasteiger partial charge >= 0.3 is 0 Å². The molecule has 0 radical (unpaired) electrons. The van der Waals surface area contributed by atoms with Gasteiger partial charge in [0.1, 0.15) is 11.6 Å². The smallest absolute Gasteiger partial charge is 0.285 e. The Kier molecular flexibility index (Phi) is 5.35. The third-order valence-electron chi connectivity index (χ3n) is 4.24. The van der Waals surface area contributed by atoms with Crippen molar-refractivity contribution in [2.24, 2.45) is 0 Å². The molecular formula is C21H17FN4O2S. The molecule has 0 saturated carbocycles. The first-order valence-electron chi connectivity index (χ1n) is 8.82. The Hall–Kier alpha value is -3.52. The van der Waals surface area contributed by atoms with E-state index in [1.54, 1.807) is 36.4 Å². The number of halogens is 1. The van der Waals surface area contributed by atoms with Crippen LogP contribution in [0.1, 0.15) is 15.9 Å². The van der Waals surface area contributed by atoms with Crippen molar-refractivity contribution in [3.05, 3.63) is 83.0 Å². The zero-order chi connectivity index (χ0) is 20.2. The maximum absolute atomic E-state index is 13.2. The highest BCUT2D eigenvalue weighted by molar-refractivity contribution is 7.13. The highest BCUT2D eigenvalue weighted by atomic mass is 32.1. The second-order valence-electron chi connectivity index (χ2n) is 6.13. The fourth-order valence-electron chi connectivity index (χ4n) is 2.80. The lowest BCUT2D eigenvalue weighted by atomic mass is 10.2. The number of rotatable bonds is 6. The van der Waals surface area contributed by atoms with E-state index in [2.05, 4.69) is 15.4 Å². The van der Waals surface area contributed by atoms with Gasteiger partial charge in [-0.1, -0.05) is 30.3 Å². The third-order valence-corrected chi connectivity index (χ3v) is 5.11. The summed E-state index contributed by atoms with van der Waals surface area (Å²) in [7, 11) is 1.51. The number of ether oxygens (including phenoxy) is 1. The van der Waals surface area contributed by atoms with Crippen LogP contribution in [-0.2, 0) is 6.54 Å². The number of para-hydroxylation sites is 1. The van der Waals surface area contributed by atoms with Gasteiger partial charge in [0.2, 0.25) is 5.95 Å². The second-order valence-corrected chi connectivity index (χ2v) is 7.08. The summed E-state index contributed by atoms with van der Waals surface area (Å²) in [5.74, 6) is 0.538. The molecule has 0 aliphatic rings. The van der Waals surface area contributed by atoms with Crippen molar-refractivity contribution >= 4 is 23.2 Å². The minimum absolute atomic E-state index is 0.300. The molecule has 0 fully saturated rings. The van der Waals surface area contributed by atoms with Crippen LogP contribution >= 0.6 is 11.3 Å². The maximum atomic E-state index is 13.2. The number of hydrogen-bond donors (Lipinski definition) is 1. The van der Waals surface area contributed by atoms with Crippen molar-refractivity contribution in [3.8, 4) is 16.5 Å². The van der Waals surface area contributed by atoms with E-state index in [0.29, 0.717) is 29.6 Å². The molecule has 2 aromatic carbocycles. The lowest BCUT2D eigenvalue weighted by Crippen LogP contribution is -2.18. The summed E-state index contributed by atoms with van der Waals surface area (Å²) in [5.41, 5.74) is 1.23. The van der Waals surface area contributed by atoms with Crippen LogP contribution in [0.4, 0.5) is 10.3 Å². The Morgan fingerprint density at radius 3 is 2.66 bits per heavy atom. The molecule has 1 N–H and O–H groups in total. The number of anilines is 1. The van der Waals surface area contributed by atoms with E-state index < -0.39 is 0 Å². The molecule has 0 spiro atoms. The monoisotopic (exact) mass is 408 g/mol. The van der Waals surface area contributed by atoms with E-state index in [1.807, 2.05) is 17.5 Å². The average molecular weight is 408 g/mol. The number of methoxy groups -OCH3 is 1. The average Bonchev–Trinajstić information content (AvgIpc) is 3.43. The minimum atomic E-state index is -0.362. The first-order chi connectivity index (χ1) is 14.2. The Labute approximate surface area is 170 Å². The van der Waals surface area contributed by atoms with E-state index >= 15 is 0 Å². The molecule has 0 saturated heterocycles. The summed E-state index contributed by atoms with van der Waals surface area (Å²) < 4.78 is 19.7. The van der Waals surface area contributed by atoms with Crippen LogP contribution in [0.3, 0.4) is 0 Å². The zero-order valence-corrected chi connectivity index (χ0v) is 16.3. The standard InChI is InChI=1S/C21H17FN4O2S/c1-28-17-6-3-2-5-16(17)20(27)26-21(23-13-14-8-10-15(22)11-9-14)24-19(25-26)18-7-4-12-29-18/h2-12H,13H2,1H3,(H,23,24,25). The largest absolute Gasteiger partial charge is 0.496 e. The molecule has 2 heterocycles. The number of benzene rings is 2. The quantitative estimate of drug-likeness (QED) is 0.510. The predicted molar refractivity (Wildman–Crippen MR) is 110 cm³/mol. The van der Waals surface area contributed by atoms with Gasteiger partial charge in [-0.15, -0.1) is 16.4 Å². The SMILES string of the molecule is COc1ccccc1C(=O)n1nc(-c2cccs2)nc1NCc1ccc(F)cc1. The molecule has 0 aliphatic heterocycles. The van der Waals surface area contributed by atoms with Crippen molar-refractivity contribution in [1.29, 1.82) is 0 Å². The Balaban J connectivity index is 1.69. The van der Waals surface area contributed by atoms with E-state index in [1.165, 1.54) is 35.3 Å². The lowest BCUT2D eigenvalue weighted by Gasteiger charge is -2.10. The van der Waals surface area contributed by atoms with Crippen molar-refractivity contribution in [2.45, 2.75) is 6.54 Å². The van der Waals surface area contributed by atoms with E-state index in [-0.39, 0.29) is 11.7 Å². The number of nitrogens with zero attached hydrogens (tertiary/aromatic N) is 3. The number of thiophene rings is 1. The van der Waals surface area contributed by atoms with Crippen LogP contribution in [0.5, 0.6) is 5.75 Å². The molecule has 4 aromatic rings. The summed E-state index contributed by atoms with van der Waals surface area (Å²) in [5, 5.41) is 9.47. The van der Waals surface area contributed by atoms with Crippen LogP contribution in [-0.4, -0.2) is 27.8 Å². The van der Waals surface area contributed by atoms with E-state index in [0.717, 1.165) is 10.4 Å². The van der Waals surface area contributed by atoms with Crippen LogP contribution in [0.2, 0.25) is 0 Å². The normalized spacial score (nSPS) is 10.7. The van der Waals surface area contributed by atoms with Crippen molar-refractivity contribution < 1.29 is 13.9 Å². The van der Waals surface area contributed by atoms with Crippen LogP contribution in [0.15, 0.2) is 66.0 Å². The predicted octanol–water partition coefficient (Wildman–Crippen LogP) is 4.45. The van der Waals surface area contributed by atoms with Crippen LogP contribution < -0.4 is 10.1 Å². The van der Waals surface area contributed by atoms with Gasteiger partial charge in [0.15, 0.2) is 5.82 Å². The van der Waals surface area contributed by atoms with Gasteiger partial charge in [0, 0.05) is 6.54 Å². The van der Waals surface area contributed by atoms with Crippen molar-refractivity contribution in [2.75, 3.05) is 12.4 Å². The van der Waals surface area contributed by atoms with Crippen molar-refractivity contribution in [1.82, 2.24) is 14.8 Å². The summed E-state index contributed by atoms with van der Waals surface area (Å²) in [6.45, 7) is 0.363. The summed E-state index contributed by atoms with van der Waals surface area (Å²) in [6.07, 6.45) is 0. The van der Waals surface area contributed by atoms with Gasteiger partial charge in [-0.25, -0.2) is 4.39 Å². The summed E-state index contributed by atoms with van der Waals surface area (Å²) in [6, 6.07) is 16.9. The highest BCUT2D eigenvalue weighted by Gasteiger charge is 2.21. The number of carbonyl (C=O) groups is 1. The molecule has 0 atom stereocenters. The van der Waals surface area contributed by atoms with Gasteiger partial charge in [0.05, 0.1) is 17.6 Å². The summed E-state index contributed by atoms with van der Waals surface area (Å²) in [4.78, 5) is 18.5. The van der Waals surface area contributed by atoms with Gasteiger partial charge < -0.3 is 10.1 Å². The lowest BCUT2D eigenvalue weighted by molar-refractivity contribution is 0.0944. The van der Waals surface area contributed by atoms with Gasteiger partial charge in [-0.2, -0.15) is 9.67 Å². The third kappa shape index (κ3) is 4.02. The van der Waals surface area contributed by atoms with E-state index in [9.17, 15) is 9.18 Å². The Bertz CT molecular complexity index is 1120. The van der Waals surface area contributed by atoms with Gasteiger partial charge in [0.25, 0.3) is 5.91 Å². The van der Waals surface area contributed by atoms with Gasteiger partial charge in [-0.3, -0.25) is 4.79 Å². The first kappa shape index (κ1) is 18.8. The molecule has 6 nitrogen and oxygen atoms in total. The Morgan fingerprint density at radius 1 is 1.14 bits per heavy atom. The first-order valence-corrected chi connectivity index (χ1v) is 9.70. The highest BCUT2D eigenvalue weighted by Crippen LogP contribution is 2.25. The number of hydrogen-bond acceptors (Lipinski definition) is 6. The zero-order valence-electron chi connectivity index (χ0n) is 15.5. The van der Waals surface area contributed by atoms with Gasteiger partial charge in [-0.05, 0) is 41.3 Å². The maximum Gasteiger partial charge on any atom is 0.285 e. The molecule has 29 heavy (non-hydrogen) atoms. The number of aromatic nitrogens is 3.